The molecule has 0 fully saturated rings. The van der Waals surface area contributed by atoms with Gasteiger partial charge in [-0.15, -0.1) is 0 Å². The van der Waals surface area contributed by atoms with Crippen molar-refractivity contribution in [3.63, 3.8) is 0 Å². The maximum atomic E-state index is 11.3. The zero-order valence-electron chi connectivity index (χ0n) is 7.50. The number of hydrogen-bond donors (Lipinski definition) is 2. The van der Waals surface area contributed by atoms with Gasteiger partial charge >= 0.3 is 0 Å². The Hall–Kier alpha value is -1.51. The summed E-state index contributed by atoms with van der Waals surface area (Å²) in [4.78, 5) is 11.3. The molecule has 0 bridgehead atoms. The predicted molar refractivity (Wildman–Crippen MR) is 52.4 cm³/mol. The van der Waals surface area contributed by atoms with E-state index in [1.807, 2.05) is 19.1 Å². The highest BCUT2D eigenvalue weighted by molar-refractivity contribution is 5.95. The van der Waals surface area contributed by atoms with E-state index in [4.69, 9.17) is 5.73 Å². The van der Waals surface area contributed by atoms with Crippen molar-refractivity contribution in [1.29, 1.82) is 0 Å². The van der Waals surface area contributed by atoms with E-state index in [0.29, 0.717) is 0 Å². The van der Waals surface area contributed by atoms with E-state index in [-0.39, 0.29) is 11.8 Å². The second-order valence-electron chi connectivity index (χ2n) is 3.51. The Morgan fingerprint density at radius 3 is 3.08 bits per heavy atom. The smallest absolute Gasteiger partial charge is 0.227 e. The molecule has 1 aromatic carbocycles. The van der Waals surface area contributed by atoms with Crippen LogP contribution in [0.4, 0.5) is 11.4 Å². The third-order valence-corrected chi connectivity index (χ3v) is 2.36. The SMILES string of the molecule is C[C@@H]1Cc2cc(N)ccc2NC1=O. The van der Waals surface area contributed by atoms with Gasteiger partial charge in [0.05, 0.1) is 0 Å². The Morgan fingerprint density at radius 2 is 2.31 bits per heavy atom. The number of benzene rings is 1. The van der Waals surface area contributed by atoms with E-state index in [2.05, 4.69) is 5.32 Å². The number of nitrogen functional groups attached to an aromatic ring is 1. The highest BCUT2D eigenvalue weighted by Gasteiger charge is 2.21. The van der Waals surface area contributed by atoms with Gasteiger partial charge in [0, 0.05) is 17.3 Å². The minimum absolute atomic E-state index is 0.0503. The molecule has 0 radical (unpaired) electrons. The molecule has 1 aliphatic heterocycles. The highest BCUT2D eigenvalue weighted by atomic mass is 16.1. The summed E-state index contributed by atoms with van der Waals surface area (Å²) in [6.45, 7) is 1.92. The van der Waals surface area contributed by atoms with Crippen molar-refractivity contribution in [3.8, 4) is 0 Å². The summed E-state index contributed by atoms with van der Waals surface area (Å²) in [6.07, 6.45) is 0.784. The Balaban J connectivity index is 2.42. The van der Waals surface area contributed by atoms with Gasteiger partial charge in [0.2, 0.25) is 5.91 Å². The first-order valence-electron chi connectivity index (χ1n) is 4.36. The lowest BCUT2D eigenvalue weighted by atomic mass is 9.94. The quantitative estimate of drug-likeness (QED) is 0.587. The normalized spacial score (nSPS) is 20.7. The maximum Gasteiger partial charge on any atom is 0.227 e. The van der Waals surface area contributed by atoms with Crippen molar-refractivity contribution in [2.75, 3.05) is 11.1 Å². The van der Waals surface area contributed by atoms with Crippen LogP contribution in [0.15, 0.2) is 18.2 Å². The topological polar surface area (TPSA) is 55.1 Å². The summed E-state index contributed by atoms with van der Waals surface area (Å²) >= 11 is 0. The zero-order chi connectivity index (χ0) is 9.42. The van der Waals surface area contributed by atoms with E-state index in [1.165, 1.54) is 0 Å². The fraction of sp³-hybridized carbons (Fsp3) is 0.300. The van der Waals surface area contributed by atoms with E-state index in [0.717, 1.165) is 23.4 Å². The first kappa shape index (κ1) is 8.10. The van der Waals surface area contributed by atoms with Crippen molar-refractivity contribution < 1.29 is 4.79 Å². The molecule has 0 aliphatic carbocycles. The average Bonchev–Trinajstić information content (AvgIpc) is 2.08. The molecule has 0 saturated heterocycles. The highest BCUT2D eigenvalue weighted by Crippen LogP contribution is 2.26. The molecule has 0 aromatic heterocycles. The van der Waals surface area contributed by atoms with E-state index in [1.54, 1.807) is 6.07 Å². The van der Waals surface area contributed by atoms with Gasteiger partial charge in [-0.25, -0.2) is 0 Å². The zero-order valence-corrected chi connectivity index (χ0v) is 7.50. The number of nitrogens with two attached hydrogens (primary N) is 1. The molecular weight excluding hydrogens is 164 g/mol. The van der Waals surface area contributed by atoms with Crippen LogP contribution in [0.1, 0.15) is 12.5 Å². The van der Waals surface area contributed by atoms with Crippen LogP contribution in [0, 0.1) is 5.92 Å². The average molecular weight is 176 g/mol. The largest absolute Gasteiger partial charge is 0.399 e. The van der Waals surface area contributed by atoms with Gasteiger partial charge in [-0.3, -0.25) is 4.79 Å². The molecule has 1 heterocycles. The van der Waals surface area contributed by atoms with Crippen LogP contribution in [0.2, 0.25) is 0 Å². The molecule has 3 heteroatoms. The van der Waals surface area contributed by atoms with Crippen molar-refractivity contribution in [2.24, 2.45) is 5.92 Å². The summed E-state index contributed by atoms with van der Waals surface area (Å²) in [6, 6.07) is 5.58. The van der Waals surface area contributed by atoms with Crippen LogP contribution in [0.25, 0.3) is 0 Å². The lowest BCUT2D eigenvalue weighted by Crippen LogP contribution is -2.27. The fourth-order valence-corrected chi connectivity index (χ4v) is 1.58. The molecule has 1 amide bonds. The lowest BCUT2D eigenvalue weighted by Gasteiger charge is -2.21. The van der Waals surface area contributed by atoms with Gasteiger partial charge < -0.3 is 11.1 Å². The fourth-order valence-electron chi connectivity index (χ4n) is 1.58. The molecule has 0 unspecified atom stereocenters. The molecule has 3 N–H and O–H groups in total. The van der Waals surface area contributed by atoms with Gasteiger partial charge in [-0.1, -0.05) is 6.92 Å². The second-order valence-corrected chi connectivity index (χ2v) is 3.51. The Morgan fingerprint density at radius 1 is 1.54 bits per heavy atom. The minimum Gasteiger partial charge on any atom is -0.399 e. The lowest BCUT2D eigenvalue weighted by molar-refractivity contribution is -0.119. The van der Waals surface area contributed by atoms with Crippen molar-refractivity contribution in [3.05, 3.63) is 23.8 Å². The van der Waals surface area contributed by atoms with Crippen molar-refractivity contribution in [2.45, 2.75) is 13.3 Å². The first-order valence-corrected chi connectivity index (χ1v) is 4.36. The molecule has 2 rings (SSSR count). The van der Waals surface area contributed by atoms with Gasteiger partial charge in [0.15, 0.2) is 0 Å². The van der Waals surface area contributed by atoms with Gasteiger partial charge in [0.25, 0.3) is 0 Å². The number of hydrogen-bond acceptors (Lipinski definition) is 2. The number of amides is 1. The van der Waals surface area contributed by atoms with E-state index in [9.17, 15) is 4.79 Å². The Labute approximate surface area is 76.9 Å². The Kier molecular flexibility index (Phi) is 1.72. The minimum atomic E-state index is 0.0503. The number of rotatable bonds is 0. The number of fused-ring (bicyclic) bond motifs is 1. The summed E-state index contributed by atoms with van der Waals surface area (Å²) in [7, 11) is 0. The third-order valence-electron chi connectivity index (χ3n) is 2.36. The van der Waals surface area contributed by atoms with E-state index < -0.39 is 0 Å². The van der Waals surface area contributed by atoms with Crippen molar-refractivity contribution in [1.82, 2.24) is 0 Å². The van der Waals surface area contributed by atoms with Crippen LogP contribution in [0.5, 0.6) is 0 Å². The van der Waals surface area contributed by atoms with Crippen LogP contribution >= 0.6 is 0 Å². The molecular formula is C10H12N2O. The second kappa shape index (κ2) is 2.76. The Bertz CT molecular complexity index is 360. The molecule has 1 atom stereocenters. The summed E-state index contributed by atoms with van der Waals surface area (Å²) in [5, 5.41) is 2.84. The summed E-state index contributed by atoms with van der Waals surface area (Å²) in [5.74, 6) is 0.145. The van der Waals surface area contributed by atoms with Gasteiger partial charge in [-0.05, 0) is 30.2 Å². The first-order chi connectivity index (χ1) is 6.16. The standard InChI is InChI=1S/C10H12N2O/c1-6-4-7-5-8(11)2-3-9(7)12-10(6)13/h2-3,5-6H,4,11H2,1H3,(H,12,13)/t6-/m1/s1. The molecule has 1 aromatic rings. The molecule has 1 aliphatic rings. The van der Waals surface area contributed by atoms with Crippen LogP contribution in [-0.2, 0) is 11.2 Å². The molecule has 0 spiro atoms. The van der Waals surface area contributed by atoms with E-state index >= 15 is 0 Å². The van der Waals surface area contributed by atoms with Crippen LogP contribution < -0.4 is 11.1 Å². The summed E-state index contributed by atoms with van der Waals surface area (Å²) < 4.78 is 0. The summed E-state index contributed by atoms with van der Waals surface area (Å²) in [5.41, 5.74) is 8.43. The number of carbonyl (C=O) groups is 1. The number of nitrogens with one attached hydrogen (secondary N) is 1. The van der Waals surface area contributed by atoms with Gasteiger partial charge in [-0.2, -0.15) is 0 Å². The monoisotopic (exact) mass is 176 g/mol. The molecule has 13 heavy (non-hydrogen) atoms. The number of anilines is 2. The van der Waals surface area contributed by atoms with Crippen molar-refractivity contribution >= 4 is 17.3 Å². The molecule has 3 nitrogen and oxygen atoms in total. The molecule has 68 valence electrons. The number of carbonyl (C=O) groups excluding carboxylic acids is 1. The predicted octanol–water partition coefficient (Wildman–Crippen LogP) is 1.40. The molecule has 0 saturated carbocycles. The van der Waals surface area contributed by atoms with Crippen LogP contribution in [-0.4, -0.2) is 5.91 Å². The van der Waals surface area contributed by atoms with Gasteiger partial charge in [0.1, 0.15) is 0 Å². The van der Waals surface area contributed by atoms with Crippen LogP contribution in [0.3, 0.4) is 0 Å². The third kappa shape index (κ3) is 1.37. The maximum absolute atomic E-state index is 11.3.